The van der Waals surface area contributed by atoms with Gasteiger partial charge in [-0.15, -0.1) is 0 Å². The van der Waals surface area contributed by atoms with Crippen molar-refractivity contribution in [3.63, 3.8) is 0 Å². The van der Waals surface area contributed by atoms with Gasteiger partial charge in [-0.05, 0) is 56.7 Å². The lowest BCUT2D eigenvalue weighted by Gasteiger charge is -2.17. The summed E-state index contributed by atoms with van der Waals surface area (Å²) in [5, 5.41) is 0. The Balaban J connectivity index is 1.23. The number of nitrogens with zero attached hydrogens (tertiary/aromatic N) is 1. The van der Waals surface area contributed by atoms with E-state index in [9.17, 15) is 22.4 Å². The molecule has 1 aliphatic carbocycles. The van der Waals surface area contributed by atoms with Crippen molar-refractivity contribution in [3.05, 3.63) is 65.0 Å². The molecule has 34 heavy (non-hydrogen) atoms. The molecule has 2 aliphatic rings. The van der Waals surface area contributed by atoms with E-state index >= 15 is 0 Å². The van der Waals surface area contributed by atoms with Crippen molar-refractivity contribution < 1.29 is 27.1 Å². The number of amides is 2. The van der Waals surface area contributed by atoms with Gasteiger partial charge in [-0.3, -0.25) is 14.5 Å². The zero-order valence-corrected chi connectivity index (χ0v) is 19.9. The zero-order valence-electron chi connectivity index (χ0n) is 19.1. The van der Waals surface area contributed by atoms with Gasteiger partial charge < -0.3 is 4.74 Å². The van der Waals surface area contributed by atoms with Gasteiger partial charge in [-0.1, -0.05) is 30.7 Å². The smallest absolute Gasteiger partial charge is 0.261 e. The Morgan fingerprint density at radius 3 is 2.35 bits per heavy atom. The topological polar surface area (TPSA) is 92.8 Å². The van der Waals surface area contributed by atoms with Gasteiger partial charge in [0.2, 0.25) is 10.0 Å². The first-order valence-corrected chi connectivity index (χ1v) is 13.3. The average molecular weight is 489 g/mol. The minimum absolute atomic E-state index is 0.126. The molecule has 1 fully saturated rings. The van der Waals surface area contributed by atoms with Crippen LogP contribution >= 0.6 is 0 Å². The van der Waals surface area contributed by atoms with Crippen LogP contribution in [0.4, 0.5) is 4.39 Å². The number of sulfonamides is 1. The summed E-state index contributed by atoms with van der Waals surface area (Å²) < 4.78 is 47.9. The number of fused-ring (bicyclic) bond motifs is 1. The van der Waals surface area contributed by atoms with Crippen LogP contribution in [0.1, 0.15) is 71.3 Å². The van der Waals surface area contributed by atoms with E-state index in [-0.39, 0.29) is 35.4 Å². The predicted octanol–water partition coefficient (Wildman–Crippen LogP) is 4.06. The van der Waals surface area contributed by atoms with Crippen LogP contribution in [-0.2, 0) is 10.0 Å². The molecule has 1 N–H and O–H groups in total. The van der Waals surface area contributed by atoms with E-state index in [0.29, 0.717) is 42.9 Å². The molecule has 1 saturated carbocycles. The van der Waals surface area contributed by atoms with Crippen LogP contribution < -0.4 is 9.46 Å². The van der Waals surface area contributed by atoms with Crippen molar-refractivity contribution in [3.8, 4) is 5.75 Å². The summed E-state index contributed by atoms with van der Waals surface area (Å²) in [4.78, 5) is 26.0. The van der Waals surface area contributed by atoms with Gasteiger partial charge in [0.05, 0.1) is 23.5 Å². The van der Waals surface area contributed by atoms with Crippen LogP contribution in [0.5, 0.6) is 5.75 Å². The van der Waals surface area contributed by atoms with Gasteiger partial charge in [0.1, 0.15) is 0 Å². The number of benzene rings is 2. The molecular weight excluding hydrogens is 459 g/mol. The summed E-state index contributed by atoms with van der Waals surface area (Å²) in [5.41, 5.74) is 1.05. The second kappa shape index (κ2) is 10.2. The molecule has 0 aromatic heterocycles. The van der Waals surface area contributed by atoms with Crippen LogP contribution in [-0.4, -0.2) is 44.0 Å². The van der Waals surface area contributed by atoms with E-state index in [4.69, 9.17) is 4.74 Å². The van der Waals surface area contributed by atoms with Gasteiger partial charge >= 0.3 is 0 Å². The standard InChI is InChI=1S/C25H29FN2O5S/c1-17(19-10-7-11-22(23(19)26)33-16-18-12-13-18)27-34(31,32)15-6-2-5-14-28-24(29)20-8-3-4-9-21(20)25(28)30/h3-4,7-11,17-18,27H,2,5-6,12-16H2,1H3/t17-/m0/s1. The molecular formula is C25H29FN2O5S. The summed E-state index contributed by atoms with van der Waals surface area (Å²) in [5.74, 6) is -0.666. The minimum Gasteiger partial charge on any atom is -0.490 e. The van der Waals surface area contributed by atoms with Crippen molar-refractivity contribution >= 4 is 21.8 Å². The fraction of sp³-hybridized carbons (Fsp3) is 0.440. The molecule has 9 heteroatoms. The molecule has 182 valence electrons. The first-order valence-electron chi connectivity index (χ1n) is 11.6. The van der Waals surface area contributed by atoms with E-state index in [1.165, 1.54) is 4.90 Å². The summed E-state index contributed by atoms with van der Waals surface area (Å²) in [6.45, 7) is 2.32. The Hall–Kier alpha value is -2.78. The largest absolute Gasteiger partial charge is 0.490 e. The van der Waals surface area contributed by atoms with E-state index in [0.717, 1.165) is 12.8 Å². The van der Waals surface area contributed by atoms with Crippen LogP contribution in [0.3, 0.4) is 0 Å². The molecule has 1 aliphatic heterocycles. The maximum absolute atomic E-state index is 14.8. The molecule has 2 aromatic carbocycles. The summed E-state index contributed by atoms with van der Waals surface area (Å²) >= 11 is 0. The highest BCUT2D eigenvalue weighted by Gasteiger charge is 2.34. The minimum atomic E-state index is -3.64. The molecule has 4 rings (SSSR count). The number of halogens is 1. The Morgan fingerprint density at radius 2 is 1.71 bits per heavy atom. The van der Waals surface area contributed by atoms with Crippen LogP contribution in [0, 0.1) is 11.7 Å². The summed E-state index contributed by atoms with van der Waals surface area (Å²) in [7, 11) is -3.64. The van der Waals surface area contributed by atoms with Gasteiger partial charge in [-0.25, -0.2) is 17.5 Å². The lowest BCUT2D eigenvalue weighted by atomic mass is 10.1. The molecule has 0 spiro atoms. The molecule has 0 bridgehead atoms. The SMILES string of the molecule is C[C@H](NS(=O)(=O)CCCCCN1C(=O)c2ccccc2C1=O)c1cccc(OCC2CC2)c1F. The maximum atomic E-state index is 14.8. The van der Waals surface area contributed by atoms with Gasteiger partial charge in [0.25, 0.3) is 11.8 Å². The van der Waals surface area contributed by atoms with E-state index in [1.807, 2.05) is 0 Å². The molecule has 1 heterocycles. The fourth-order valence-electron chi connectivity index (χ4n) is 4.04. The monoisotopic (exact) mass is 488 g/mol. The van der Waals surface area contributed by atoms with Crippen LogP contribution in [0.25, 0.3) is 0 Å². The third kappa shape index (κ3) is 5.64. The number of ether oxygens (including phenoxy) is 1. The lowest BCUT2D eigenvalue weighted by Crippen LogP contribution is -2.31. The Labute approximate surface area is 199 Å². The molecule has 0 saturated heterocycles. The number of hydrogen-bond acceptors (Lipinski definition) is 5. The number of carbonyl (C=O) groups is 2. The summed E-state index contributed by atoms with van der Waals surface area (Å²) in [6.07, 6.45) is 3.58. The molecule has 0 radical (unpaired) electrons. The normalized spacial score (nSPS) is 16.6. The lowest BCUT2D eigenvalue weighted by molar-refractivity contribution is 0.0651. The van der Waals surface area contributed by atoms with Crippen molar-refractivity contribution in [2.75, 3.05) is 18.9 Å². The Morgan fingerprint density at radius 1 is 1.03 bits per heavy atom. The molecule has 1 atom stereocenters. The highest BCUT2D eigenvalue weighted by atomic mass is 32.2. The van der Waals surface area contributed by atoms with E-state index < -0.39 is 21.9 Å². The molecule has 7 nitrogen and oxygen atoms in total. The number of carbonyl (C=O) groups excluding carboxylic acids is 2. The maximum Gasteiger partial charge on any atom is 0.261 e. The van der Waals surface area contributed by atoms with Crippen molar-refractivity contribution in [1.29, 1.82) is 0 Å². The molecule has 2 aromatic rings. The van der Waals surface area contributed by atoms with Crippen LogP contribution in [0.2, 0.25) is 0 Å². The number of nitrogens with one attached hydrogen (secondary N) is 1. The van der Waals surface area contributed by atoms with Crippen molar-refractivity contribution in [2.45, 2.75) is 45.1 Å². The molecule has 2 amide bonds. The third-order valence-corrected chi connectivity index (χ3v) is 7.70. The highest BCUT2D eigenvalue weighted by Crippen LogP contribution is 2.31. The van der Waals surface area contributed by atoms with E-state index in [1.54, 1.807) is 49.4 Å². The zero-order chi connectivity index (χ0) is 24.3. The first-order chi connectivity index (χ1) is 16.3. The number of hydrogen-bond donors (Lipinski definition) is 1. The Kier molecular flexibility index (Phi) is 7.33. The first kappa shape index (κ1) is 24.3. The number of unbranched alkanes of at least 4 members (excludes halogenated alkanes) is 2. The second-order valence-corrected chi connectivity index (χ2v) is 10.8. The van der Waals surface area contributed by atoms with Crippen molar-refractivity contribution in [1.82, 2.24) is 9.62 Å². The van der Waals surface area contributed by atoms with Gasteiger partial charge in [0, 0.05) is 18.2 Å². The molecule has 0 unspecified atom stereocenters. The van der Waals surface area contributed by atoms with Crippen LogP contribution in [0.15, 0.2) is 42.5 Å². The van der Waals surface area contributed by atoms with Gasteiger partial charge in [0.15, 0.2) is 11.6 Å². The predicted molar refractivity (Wildman–Crippen MR) is 126 cm³/mol. The number of imide groups is 1. The highest BCUT2D eigenvalue weighted by molar-refractivity contribution is 7.89. The Bertz CT molecular complexity index is 1140. The quantitative estimate of drug-likeness (QED) is 0.359. The van der Waals surface area contributed by atoms with Gasteiger partial charge in [-0.2, -0.15) is 0 Å². The van der Waals surface area contributed by atoms with Crippen molar-refractivity contribution in [2.24, 2.45) is 5.92 Å². The van der Waals surface area contributed by atoms with E-state index in [2.05, 4.69) is 4.72 Å². The number of rotatable bonds is 12. The third-order valence-electron chi connectivity index (χ3n) is 6.16. The second-order valence-electron chi connectivity index (χ2n) is 8.94. The fourth-order valence-corrected chi connectivity index (χ4v) is 5.41. The average Bonchev–Trinajstić information content (AvgIpc) is 3.60. The summed E-state index contributed by atoms with van der Waals surface area (Å²) in [6, 6.07) is 10.7.